The molecule has 1 aliphatic carbocycles. The summed E-state index contributed by atoms with van der Waals surface area (Å²) in [6.07, 6.45) is 5.45. The molecule has 2 aromatic rings. The Morgan fingerprint density at radius 3 is 2.35 bits per heavy atom. The number of pyridine rings is 1. The molecule has 0 aliphatic heterocycles. The number of hydrogen-bond donors (Lipinski definition) is 3. The van der Waals surface area contributed by atoms with Crippen molar-refractivity contribution >= 4 is 17.5 Å². The molecule has 0 radical (unpaired) electrons. The van der Waals surface area contributed by atoms with Gasteiger partial charge < -0.3 is 10.1 Å². The number of benzene rings is 1. The summed E-state index contributed by atoms with van der Waals surface area (Å²) in [6, 6.07) is 10.8. The molecule has 0 spiro atoms. The first-order chi connectivity index (χ1) is 12.7. The fourth-order valence-corrected chi connectivity index (χ4v) is 3.19. The highest BCUT2D eigenvalue weighted by atomic mass is 16.5. The van der Waals surface area contributed by atoms with Crippen molar-refractivity contribution in [2.45, 2.75) is 25.9 Å². The number of amides is 2. The van der Waals surface area contributed by atoms with Gasteiger partial charge in [-0.1, -0.05) is 6.42 Å². The average Bonchev–Trinajstić information content (AvgIpc) is 3.18. The van der Waals surface area contributed by atoms with E-state index in [1.165, 1.54) is 0 Å². The molecule has 1 heterocycles. The fraction of sp³-hybridized carbons (Fsp3) is 0.316. The minimum atomic E-state index is -0.498. The predicted octanol–water partition coefficient (Wildman–Crippen LogP) is 2.52. The first kappa shape index (κ1) is 17.9. The summed E-state index contributed by atoms with van der Waals surface area (Å²) in [5, 5.41) is 11.6. The quantitative estimate of drug-likeness (QED) is 0.546. The van der Waals surface area contributed by atoms with E-state index in [4.69, 9.17) is 9.94 Å². The van der Waals surface area contributed by atoms with Crippen LogP contribution >= 0.6 is 0 Å². The van der Waals surface area contributed by atoms with E-state index < -0.39 is 17.7 Å². The molecular weight excluding hydrogens is 334 g/mol. The molecule has 26 heavy (non-hydrogen) atoms. The Morgan fingerprint density at radius 1 is 1.04 bits per heavy atom. The second kappa shape index (κ2) is 8.44. The van der Waals surface area contributed by atoms with Crippen molar-refractivity contribution < 1.29 is 19.5 Å². The molecule has 2 atom stereocenters. The van der Waals surface area contributed by atoms with Crippen LogP contribution in [0.3, 0.4) is 0 Å². The zero-order valence-corrected chi connectivity index (χ0v) is 14.2. The number of nitrogens with one attached hydrogen (secondary N) is 2. The van der Waals surface area contributed by atoms with E-state index in [2.05, 4.69) is 10.3 Å². The Kier molecular flexibility index (Phi) is 5.80. The van der Waals surface area contributed by atoms with E-state index in [1.54, 1.807) is 42.1 Å². The molecule has 0 bridgehead atoms. The normalized spacial score (nSPS) is 19.0. The van der Waals surface area contributed by atoms with Crippen LogP contribution in [0.5, 0.6) is 5.75 Å². The van der Waals surface area contributed by atoms with Crippen LogP contribution in [0.4, 0.5) is 5.69 Å². The lowest BCUT2D eigenvalue weighted by atomic mass is 9.94. The van der Waals surface area contributed by atoms with E-state index in [9.17, 15) is 9.59 Å². The van der Waals surface area contributed by atoms with Crippen molar-refractivity contribution in [3.8, 4) is 5.75 Å². The van der Waals surface area contributed by atoms with Crippen LogP contribution in [-0.4, -0.2) is 22.0 Å². The van der Waals surface area contributed by atoms with E-state index in [-0.39, 0.29) is 5.91 Å². The molecule has 1 fully saturated rings. The van der Waals surface area contributed by atoms with Crippen molar-refractivity contribution in [3.63, 3.8) is 0 Å². The smallest absolute Gasteiger partial charge is 0.247 e. The minimum absolute atomic E-state index is 0.207. The van der Waals surface area contributed by atoms with E-state index in [0.717, 1.165) is 12.0 Å². The lowest BCUT2D eigenvalue weighted by Gasteiger charge is -2.17. The van der Waals surface area contributed by atoms with Crippen molar-refractivity contribution in [2.24, 2.45) is 11.8 Å². The zero-order valence-electron chi connectivity index (χ0n) is 14.2. The monoisotopic (exact) mass is 355 g/mol. The molecule has 7 heteroatoms. The van der Waals surface area contributed by atoms with Crippen LogP contribution in [0.15, 0.2) is 48.8 Å². The molecule has 136 valence electrons. The highest BCUT2D eigenvalue weighted by Gasteiger charge is 2.37. The van der Waals surface area contributed by atoms with Crippen LogP contribution < -0.4 is 15.5 Å². The third-order valence-electron chi connectivity index (χ3n) is 4.58. The molecule has 3 N–H and O–H groups in total. The second-order valence-corrected chi connectivity index (χ2v) is 6.28. The summed E-state index contributed by atoms with van der Waals surface area (Å²) in [5.41, 5.74) is 3.31. The van der Waals surface area contributed by atoms with Gasteiger partial charge >= 0.3 is 0 Å². The number of hydrogen-bond acceptors (Lipinski definition) is 5. The third kappa shape index (κ3) is 4.37. The Labute approximate surface area is 151 Å². The number of carbonyl (C=O) groups excluding carboxylic acids is 2. The van der Waals surface area contributed by atoms with Gasteiger partial charge in [-0.15, -0.1) is 0 Å². The van der Waals surface area contributed by atoms with Gasteiger partial charge in [0, 0.05) is 24.0 Å². The second-order valence-electron chi connectivity index (χ2n) is 6.28. The SMILES string of the molecule is O=C(NO)[C@@H]1CCC[C@H]1C(=O)Nc1ccc(OCc2ccncc2)cc1. The Hall–Kier alpha value is -2.93. The average molecular weight is 355 g/mol. The van der Waals surface area contributed by atoms with Gasteiger partial charge in [-0.2, -0.15) is 0 Å². The number of rotatable bonds is 6. The van der Waals surface area contributed by atoms with Crippen LogP contribution in [0.2, 0.25) is 0 Å². The number of hydroxylamine groups is 1. The van der Waals surface area contributed by atoms with Gasteiger partial charge in [0.15, 0.2) is 0 Å². The summed E-state index contributed by atoms with van der Waals surface area (Å²) in [4.78, 5) is 28.0. The van der Waals surface area contributed by atoms with Crippen LogP contribution in [0, 0.1) is 11.8 Å². The van der Waals surface area contributed by atoms with E-state index in [1.807, 2.05) is 12.1 Å². The molecule has 7 nitrogen and oxygen atoms in total. The summed E-state index contributed by atoms with van der Waals surface area (Å²) in [6.45, 7) is 0.439. The summed E-state index contributed by atoms with van der Waals surface area (Å²) >= 11 is 0. The van der Waals surface area contributed by atoms with Gasteiger partial charge in [0.25, 0.3) is 0 Å². The van der Waals surface area contributed by atoms with Gasteiger partial charge in [-0.05, 0) is 54.8 Å². The Morgan fingerprint density at radius 2 is 1.69 bits per heavy atom. The molecule has 2 amide bonds. The first-order valence-corrected chi connectivity index (χ1v) is 8.54. The maximum Gasteiger partial charge on any atom is 0.247 e. The van der Waals surface area contributed by atoms with Crippen molar-refractivity contribution in [1.29, 1.82) is 0 Å². The standard InChI is InChI=1S/C19H21N3O4/c23-18(16-2-1-3-17(16)19(24)22-25)21-14-4-6-15(7-5-14)26-12-13-8-10-20-11-9-13/h4-11,16-17,25H,1-3,12H2,(H,21,23)(H,22,24)/t16-,17-/m1/s1. The van der Waals surface area contributed by atoms with Gasteiger partial charge in [-0.3, -0.25) is 19.8 Å². The summed E-state index contributed by atoms with van der Waals surface area (Å²) in [7, 11) is 0. The van der Waals surface area contributed by atoms with Gasteiger partial charge in [0.2, 0.25) is 11.8 Å². The van der Waals surface area contributed by atoms with Gasteiger partial charge in [0.05, 0.1) is 5.92 Å². The number of nitrogens with zero attached hydrogens (tertiary/aromatic N) is 1. The molecule has 3 rings (SSSR count). The maximum absolute atomic E-state index is 12.4. The van der Waals surface area contributed by atoms with Crippen LogP contribution in [0.1, 0.15) is 24.8 Å². The third-order valence-corrected chi connectivity index (χ3v) is 4.58. The summed E-state index contributed by atoms with van der Waals surface area (Å²) < 4.78 is 5.69. The molecule has 1 aliphatic rings. The molecule has 1 aromatic carbocycles. The first-order valence-electron chi connectivity index (χ1n) is 8.54. The summed E-state index contributed by atoms with van der Waals surface area (Å²) in [5.74, 6) is -0.921. The number of aromatic nitrogens is 1. The van der Waals surface area contributed by atoms with Crippen LogP contribution in [0.25, 0.3) is 0 Å². The Balaban J connectivity index is 1.55. The molecule has 1 saturated carbocycles. The lowest BCUT2D eigenvalue weighted by Crippen LogP contribution is -2.35. The van der Waals surface area contributed by atoms with E-state index >= 15 is 0 Å². The largest absolute Gasteiger partial charge is 0.489 e. The van der Waals surface area contributed by atoms with Gasteiger partial charge in [0.1, 0.15) is 12.4 Å². The molecular formula is C19H21N3O4. The minimum Gasteiger partial charge on any atom is -0.489 e. The van der Waals surface area contributed by atoms with Crippen molar-refractivity contribution in [1.82, 2.24) is 10.5 Å². The highest BCUT2D eigenvalue weighted by molar-refractivity contribution is 5.96. The zero-order chi connectivity index (χ0) is 18.4. The number of ether oxygens (including phenoxy) is 1. The van der Waals surface area contributed by atoms with Gasteiger partial charge in [-0.25, -0.2) is 5.48 Å². The Bertz CT molecular complexity index is 749. The molecule has 0 unspecified atom stereocenters. The predicted molar refractivity (Wildman–Crippen MR) is 94.4 cm³/mol. The fourth-order valence-electron chi connectivity index (χ4n) is 3.19. The topological polar surface area (TPSA) is 101 Å². The maximum atomic E-state index is 12.4. The van der Waals surface area contributed by atoms with Crippen molar-refractivity contribution in [3.05, 3.63) is 54.4 Å². The number of anilines is 1. The number of carbonyl (C=O) groups is 2. The lowest BCUT2D eigenvalue weighted by molar-refractivity contribution is -0.137. The molecule has 0 saturated heterocycles. The van der Waals surface area contributed by atoms with E-state index in [0.29, 0.717) is 30.9 Å². The molecule has 1 aromatic heterocycles. The van der Waals surface area contributed by atoms with Crippen LogP contribution in [-0.2, 0) is 16.2 Å². The highest BCUT2D eigenvalue weighted by Crippen LogP contribution is 2.33. The van der Waals surface area contributed by atoms with Crippen molar-refractivity contribution in [2.75, 3.05) is 5.32 Å².